The first-order valence-corrected chi connectivity index (χ1v) is 9.25. The standard InChI is InChI=1S/C22H18F2N4O2/c1-14(12-29)28-13-26-20(15-2-4-16(23)5-3-15)21(28)19-10-11-25-22(27-19)30-18-8-6-17(24)7-9-18/h2-11,13-14,29H,12H2,1H3. The lowest BCUT2D eigenvalue weighted by molar-refractivity contribution is 0.239. The van der Waals surface area contributed by atoms with Crippen molar-refractivity contribution in [1.29, 1.82) is 0 Å². The lowest BCUT2D eigenvalue weighted by Gasteiger charge is -2.15. The predicted molar refractivity (Wildman–Crippen MR) is 107 cm³/mol. The zero-order valence-corrected chi connectivity index (χ0v) is 16.0. The van der Waals surface area contributed by atoms with Gasteiger partial charge in [0.2, 0.25) is 0 Å². The molecule has 6 nitrogen and oxygen atoms in total. The van der Waals surface area contributed by atoms with Gasteiger partial charge in [-0.3, -0.25) is 0 Å². The molecular weight excluding hydrogens is 390 g/mol. The Morgan fingerprint density at radius 1 is 0.967 bits per heavy atom. The van der Waals surface area contributed by atoms with Crippen LogP contribution in [0.1, 0.15) is 13.0 Å². The maximum atomic E-state index is 13.4. The Kier molecular flexibility index (Phi) is 5.49. The van der Waals surface area contributed by atoms with Crippen LogP contribution in [0.5, 0.6) is 11.8 Å². The Bertz CT molecular complexity index is 1140. The number of rotatable bonds is 6. The number of ether oxygens (including phenoxy) is 1. The number of benzene rings is 2. The van der Waals surface area contributed by atoms with E-state index in [1.54, 1.807) is 29.1 Å². The van der Waals surface area contributed by atoms with Crippen LogP contribution >= 0.6 is 0 Å². The van der Waals surface area contributed by atoms with Gasteiger partial charge in [-0.2, -0.15) is 4.98 Å². The molecule has 4 aromatic rings. The summed E-state index contributed by atoms with van der Waals surface area (Å²) in [6, 6.07) is 13.0. The van der Waals surface area contributed by atoms with Crippen molar-refractivity contribution in [2.75, 3.05) is 6.61 Å². The average Bonchev–Trinajstić information content (AvgIpc) is 3.21. The predicted octanol–water partition coefficient (Wildman–Crippen LogP) is 4.63. The fourth-order valence-corrected chi connectivity index (χ4v) is 2.99. The number of nitrogens with zero attached hydrogens (tertiary/aromatic N) is 4. The second-order valence-electron chi connectivity index (χ2n) is 6.67. The molecule has 0 aliphatic heterocycles. The summed E-state index contributed by atoms with van der Waals surface area (Å²) in [5.74, 6) is -0.326. The maximum Gasteiger partial charge on any atom is 0.322 e. The Morgan fingerprint density at radius 2 is 1.63 bits per heavy atom. The van der Waals surface area contributed by atoms with E-state index in [0.717, 1.165) is 0 Å². The third-order valence-electron chi connectivity index (χ3n) is 4.55. The lowest BCUT2D eigenvalue weighted by Crippen LogP contribution is -2.10. The van der Waals surface area contributed by atoms with E-state index in [2.05, 4.69) is 15.0 Å². The smallest absolute Gasteiger partial charge is 0.322 e. The Hall–Kier alpha value is -3.65. The molecule has 152 valence electrons. The third-order valence-corrected chi connectivity index (χ3v) is 4.55. The van der Waals surface area contributed by atoms with Crippen molar-refractivity contribution in [3.63, 3.8) is 0 Å². The highest BCUT2D eigenvalue weighted by atomic mass is 19.1. The molecule has 0 fully saturated rings. The van der Waals surface area contributed by atoms with Crippen LogP contribution in [-0.2, 0) is 0 Å². The van der Waals surface area contributed by atoms with Gasteiger partial charge in [-0.05, 0) is 61.5 Å². The van der Waals surface area contributed by atoms with Crippen LogP contribution in [0.3, 0.4) is 0 Å². The maximum absolute atomic E-state index is 13.4. The van der Waals surface area contributed by atoms with Crippen molar-refractivity contribution in [2.24, 2.45) is 0 Å². The molecular formula is C22H18F2N4O2. The van der Waals surface area contributed by atoms with Gasteiger partial charge < -0.3 is 14.4 Å². The summed E-state index contributed by atoms with van der Waals surface area (Å²) in [6.45, 7) is 1.74. The highest BCUT2D eigenvalue weighted by Gasteiger charge is 2.20. The quantitative estimate of drug-likeness (QED) is 0.504. The Labute approximate surface area is 171 Å². The number of aliphatic hydroxyl groups is 1. The van der Waals surface area contributed by atoms with E-state index in [4.69, 9.17) is 4.74 Å². The molecule has 0 spiro atoms. The average molecular weight is 408 g/mol. The van der Waals surface area contributed by atoms with Gasteiger partial charge in [-0.25, -0.2) is 18.7 Å². The van der Waals surface area contributed by atoms with Crippen LogP contribution in [0, 0.1) is 11.6 Å². The van der Waals surface area contributed by atoms with Crippen molar-refractivity contribution < 1.29 is 18.6 Å². The lowest BCUT2D eigenvalue weighted by atomic mass is 10.1. The van der Waals surface area contributed by atoms with E-state index in [-0.39, 0.29) is 30.3 Å². The Morgan fingerprint density at radius 3 is 2.30 bits per heavy atom. The summed E-state index contributed by atoms with van der Waals surface area (Å²) in [5, 5.41) is 9.66. The molecule has 0 aliphatic rings. The minimum absolute atomic E-state index is 0.0774. The molecule has 1 N–H and O–H groups in total. The highest BCUT2D eigenvalue weighted by molar-refractivity contribution is 5.77. The summed E-state index contributed by atoms with van der Waals surface area (Å²) in [7, 11) is 0. The first-order valence-electron chi connectivity index (χ1n) is 9.25. The molecule has 1 unspecified atom stereocenters. The van der Waals surface area contributed by atoms with E-state index in [1.807, 2.05) is 6.92 Å². The molecule has 4 rings (SSSR count). The minimum atomic E-state index is -0.372. The molecule has 0 saturated carbocycles. The summed E-state index contributed by atoms with van der Waals surface area (Å²) < 4.78 is 33.9. The van der Waals surface area contributed by atoms with Crippen LogP contribution in [0.15, 0.2) is 67.1 Å². The van der Waals surface area contributed by atoms with Gasteiger partial charge in [-0.1, -0.05) is 0 Å². The minimum Gasteiger partial charge on any atom is -0.424 e. The SMILES string of the molecule is CC(CO)n1cnc(-c2ccc(F)cc2)c1-c1ccnc(Oc2ccc(F)cc2)n1. The van der Waals surface area contributed by atoms with Crippen LogP contribution in [0.4, 0.5) is 8.78 Å². The van der Waals surface area contributed by atoms with E-state index in [0.29, 0.717) is 28.4 Å². The number of halogens is 2. The van der Waals surface area contributed by atoms with Crippen molar-refractivity contribution in [2.45, 2.75) is 13.0 Å². The molecule has 0 radical (unpaired) electrons. The normalized spacial score (nSPS) is 12.0. The fourth-order valence-electron chi connectivity index (χ4n) is 2.99. The van der Waals surface area contributed by atoms with Crippen molar-refractivity contribution in [3.8, 4) is 34.4 Å². The van der Waals surface area contributed by atoms with Gasteiger partial charge in [-0.15, -0.1) is 0 Å². The third kappa shape index (κ3) is 4.04. The molecule has 0 amide bonds. The van der Waals surface area contributed by atoms with Gasteiger partial charge in [0.25, 0.3) is 0 Å². The number of aromatic nitrogens is 4. The van der Waals surface area contributed by atoms with E-state index < -0.39 is 0 Å². The second kappa shape index (κ2) is 8.38. The topological polar surface area (TPSA) is 73.1 Å². The van der Waals surface area contributed by atoms with Gasteiger partial charge in [0.05, 0.1) is 36.1 Å². The fraction of sp³-hybridized carbons (Fsp3) is 0.136. The van der Waals surface area contributed by atoms with Gasteiger partial charge in [0.15, 0.2) is 0 Å². The zero-order chi connectivity index (χ0) is 21.1. The van der Waals surface area contributed by atoms with Gasteiger partial charge in [0, 0.05) is 11.8 Å². The van der Waals surface area contributed by atoms with Gasteiger partial charge >= 0.3 is 6.01 Å². The van der Waals surface area contributed by atoms with E-state index >= 15 is 0 Å². The van der Waals surface area contributed by atoms with Crippen LogP contribution in [0.2, 0.25) is 0 Å². The monoisotopic (exact) mass is 408 g/mol. The summed E-state index contributed by atoms with van der Waals surface area (Å²) in [6.07, 6.45) is 3.15. The first kappa shape index (κ1) is 19.7. The molecule has 2 aromatic heterocycles. The second-order valence-corrected chi connectivity index (χ2v) is 6.67. The van der Waals surface area contributed by atoms with Gasteiger partial charge in [0.1, 0.15) is 17.4 Å². The number of hydrogen-bond donors (Lipinski definition) is 1. The molecule has 1 atom stereocenters. The Balaban J connectivity index is 1.77. The summed E-state index contributed by atoms with van der Waals surface area (Å²) in [5.41, 5.74) is 2.44. The number of hydrogen-bond acceptors (Lipinski definition) is 5. The molecule has 0 bridgehead atoms. The van der Waals surface area contributed by atoms with Crippen molar-refractivity contribution in [1.82, 2.24) is 19.5 Å². The number of imidazole rings is 1. The van der Waals surface area contributed by atoms with Crippen LogP contribution in [0.25, 0.3) is 22.6 Å². The largest absolute Gasteiger partial charge is 0.424 e. The molecule has 0 saturated heterocycles. The molecule has 2 heterocycles. The highest BCUT2D eigenvalue weighted by Crippen LogP contribution is 2.33. The molecule has 2 aromatic carbocycles. The molecule has 30 heavy (non-hydrogen) atoms. The molecule has 8 heteroatoms. The van der Waals surface area contributed by atoms with Crippen LogP contribution < -0.4 is 4.74 Å². The van der Waals surface area contributed by atoms with E-state index in [9.17, 15) is 13.9 Å². The summed E-state index contributed by atoms with van der Waals surface area (Å²) >= 11 is 0. The van der Waals surface area contributed by atoms with Crippen LogP contribution in [-0.4, -0.2) is 31.2 Å². The number of aliphatic hydroxyl groups excluding tert-OH is 1. The van der Waals surface area contributed by atoms with E-state index in [1.165, 1.54) is 42.6 Å². The first-order chi connectivity index (χ1) is 14.5. The van der Waals surface area contributed by atoms with Crippen molar-refractivity contribution in [3.05, 3.63) is 78.8 Å². The summed E-state index contributed by atoms with van der Waals surface area (Å²) in [4.78, 5) is 13.1. The zero-order valence-electron chi connectivity index (χ0n) is 16.0. The van der Waals surface area contributed by atoms with Crippen molar-refractivity contribution >= 4 is 0 Å². The molecule has 0 aliphatic carbocycles.